The van der Waals surface area contributed by atoms with Gasteiger partial charge in [0.05, 0.1) is 39.2 Å². The predicted molar refractivity (Wildman–Crippen MR) is 152 cm³/mol. The molecular formula is C28H37F3N6O7. The monoisotopic (exact) mass is 626 g/mol. The van der Waals surface area contributed by atoms with Gasteiger partial charge in [0.15, 0.2) is 17.2 Å². The number of ketones is 1. The van der Waals surface area contributed by atoms with Crippen LogP contribution < -0.4 is 24.7 Å². The van der Waals surface area contributed by atoms with Crippen LogP contribution in [0, 0.1) is 5.41 Å². The maximum Gasteiger partial charge on any atom is 0.490 e. The van der Waals surface area contributed by atoms with Gasteiger partial charge in [0.1, 0.15) is 12.3 Å². The van der Waals surface area contributed by atoms with Crippen LogP contribution in [0.5, 0.6) is 17.4 Å². The first kappa shape index (κ1) is 34.2. The van der Waals surface area contributed by atoms with E-state index >= 15 is 0 Å². The van der Waals surface area contributed by atoms with E-state index in [-0.39, 0.29) is 29.2 Å². The first-order valence-corrected chi connectivity index (χ1v) is 13.8. The molecule has 3 heterocycles. The number of carbonyl (C=O) groups is 2. The topological polar surface area (TPSA) is 154 Å². The molecule has 4 rings (SSSR count). The fourth-order valence-electron chi connectivity index (χ4n) is 4.36. The van der Waals surface area contributed by atoms with Gasteiger partial charge in [-0.3, -0.25) is 10.2 Å². The normalized spacial score (nSPS) is 13.7. The number of morpholine rings is 1. The maximum absolute atomic E-state index is 13.6. The average molecular weight is 627 g/mol. The number of nitrogens with one attached hydrogen (secondary N) is 1. The number of aliphatic carboxylic acids is 1. The second-order valence-corrected chi connectivity index (χ2v) is 10.6. The van der Waals surface area contributed by atoms with E-state index in [2.05, 4.69) is 35.9 Å². The Morgan fingerprint density at radius 3 is 2.18 bits per heavy atom. The van der Waals surface area contributed by atoms with Crippen LogP contribution in [0.25, 0.3) is 5.65 Å². The maximum atomic E-state index is 13.6. The number of ether oxygens (including phenoxy) is 4. The number of Topliss-reactive ketones (excluding diaryl/α,β-unsaturated/α-hetero) is 1. The summed E-state index contributed by atoms with van der Waals surface area (Å²) in [6.07, 6.45) is -5.08. The number of rotatable bonds is 9. The molecule has 1 aliphatic heterocycles. The van der Waals surface area contributed by atoms with Crippen LogP contribution >= 0.6 is 0 Å². The lowest BCUT2D eigenvalue weighted by atomic mass is 9.84. The fourth-order valence-corrected chi connectivity index (χ4v) is 4.36. The molecule has 2 aromatic heterocycles. The lowest BCUT2D eigenvalue weighted by Gasteiger charge is -2.33. The molecule has 0 aliphatic carbocycles. The largest absolute Gasteiger partial charge is 0.494 e. The minimum atomic E-state index is -5.08. The van der Waals surface area contributed by atoms with Gasteiger partial charge in [0, 0.05) is 30.3 Å². The summed E-state index contributed by atoms with van der Waals surface area (Å²) in [7, 11) is 1.66. The van der Waals surface area contributed by atoms with E-state index in [4.69, 9.17) is 34.3 Å². The molecule has 44 heavy (non-hydrogen) atoms. The molecule has 2 N–H and O–H groups in total. The zero-order valence-electron chi connectivity index (χ0n) is 25.4. The summed E-state index contributed by atoms with van der Waals surface area (Å²) >= 11 is 0. The highest BCUT2D eigenvalue weighted by Gasteiger charge is 2.38. The third-order valence-electron chi connectivity index (χ3n) is 6.42. The molecule has 0 amide bonds. The first-order valence-electron chi connectivity index (χ1n) is 13.8. The van der Waals surface area contributed by atoms with Crippen LogP contribution in [-0.4, -0.2) is 89.1 Å². The second kappa shape index (κ2) is 14.0. The molecule has 0 atom stereocenters. The molecule has 16 heteroatoms. The van der Waals surface area contributed by atoms with Gasteiger partial charge in [-0.25, -0.2) is 9.48 Å². The number of methoxy groups -OCH3 is 1. The highest BCUT2D eigenvalue weighted by Crippen LogP contribution is 2.40. The van der Waals surface area contributed by atoms with E-state index in [9.17, 15) is 18.0 Å². The van der Waals surface area contributed by atoms with Crippen molar-refractivity contribution in [2.24, 2.45) is 0 Å². The van der Waals surface area contributed by atoms with Gasteiger partial charge in [-0.2, -0.15) is 17.7 Å². The smallest absolute Gasteiger partial charge is 0.490 e. The van der Waals surface area contributed by atoms with Crippen molar-refractivity contribution in [2.45, 2.75) is 52.8 Å². The molecule has 3 aromatic rings. The van der Waals surface area contributed by atoms with Crippen LogP contribution in [0.3, 0.4) is 0 Å². The van der Waals surface area contributed by atoms with Crippen LogP contribution in [-0.2, 0) is 21.5 Å². The van der Waals surface area contributed by atoms with Crippen LogP contribution in [0.1, 0.15) is 50.5 Å². The molecule has 0 radical (unpaired) electrons. The highest BCUT2D eigenvalue weighted by molar-refractivity contribution is 5.97. The quantitative estimate of drug-likeness (QED) is 0.338. The lowest BCUT2D eigenvalue weighted by Crippen LogP contribution is -2.37. The standard InChI is InChI=1S/C26H36N6O5.C2HF3O2/c1-7-36-21-15-22-28-31(25(27)32(22)29-24(21)37-8-2)16-20(33)17-13-18(26(3,4)5)23(34-6)19(14-17)30-9-11-35-12-10-30;3-2(4,5)1(6)7/h13-15,27H,7-12,16H2,1-6H3;(H,6,7). The molecule has 0 unspecified atom stereocenters. The van der Waals surface area contributed by atoms with Crippen molar-refractivity contribution in [1.29, 1.82) is 5.41 Å². The molecule has 1 aliphatic rings. The number of nitrogens with zero attached hydrogens (tertiary/aromatic N) is 5. The molecule has 0 saturated carbocycles. The van der Waals surface area contributed by atoms with Gasteiger partial charge < -0.3 is 29.0 Å². The SMILES string of the molecule is CCOc1cc2nn(CC(=O)c3cc(N4CCOCC4)c(OC)c(C(C)(C)C)c3)c(=N)n2nc1OCC.O=C(O)C(F)(F)F. The number of carbonyl (C=O) groups excluding carboxylic acids is 1. The number of halogens is 3. The Labute approximate surface area is 251 Å². The number of fused-ring (bicyclic) bond motifs is 1. The molecule has 13 nitrogen and oxygen atoms in total. The van der Waals surface area contributed by atoms with Crippen LogP contribution in [0.15, 0.2) is 18.2 Å². The summed E-state index contributed by atoms with van der Waals surface area (Å²) in [5, 5.41) is 24.6. The Morgan fingerprint density at radius 2 is 1.66 bits per heavy atom. The van der Waals surface area contributed by atoms with Crippen molar-refractivity contribution in [2.75, 3.05) is 51.5 Å². The summed E-state index contributed by atoms with van der Waals surface area (Å²) in [6, 6.07) is 5.44. The molecule has 1 fully saturated rings. The minimum absolute atomic E-state index is 0.0367. The van der Waals surface area contributed by atoms with Gasteiger partial charge in [0.25, 0.3) is 5.88 Å². The number of aromatic nitrogens is 4. The van der Waals surface area contributed by atoms with Crippen molar-refractivity contribution in [1.82, 2.24) is 19.4 Å². The van der Waals surface area contributed by atoms with E-state index < -0.39 is 12.1 Å². The second-order valence-electron chi connectivity index (χ2n) is 10.6. The minimum Gasteiger partial charge on any atom is -0.494 e. The Hall–Kier alpha value is -4.34. The first-order chi connectivity index (χ1) is 20.6. The van der Waals surface area contributed by atoms with Crippen LogP contribution in [0.2, 0.25) is 0 Å². The third kappa shape index (κ3) is 7.98. The zero-order valence-corrected chi connectivity index (χ0v) is 25.4. The Balaban J connectivity index is 0.000000676. The third-order valence-corrected chi connectivity index (χ3v) is 6.42. The fraction of sp³-hybridized carbons (Fsp3) is 0.536. The summed E-state index contributed by atoms with van der Waals surface area (Å²) in [6.45, 7) is 13.4. The van der Waals surface area contributed by atoms with E-state index in [0.29, 0.717) is 56.5 Å². The lowest BCUT2D eigenvalue weighted by molar-refractivity contribution is -0.192. The Bertz CT molecular complexity index is 1540. The molecule has 242 valence electrons. The molecule has 1 saturated heterocycles. The van der Waals surface area contributed by atoms with E-state index in [0.717, 1.165) is 17.0 Å². The number of carboxylic acids is 1. The van der Waals surface area contributed by atoms with Gasteiger partial charge in [0.2, 0.25) is 5.62 Å². The number of hydrogen-bond acceptors (Lipinski definition) is 10. The number of benzene rings is 1. The van der Waals surface area contributed by atoms with Crippen molar-refractivity contribution in [3.8, 4) is 17.4 Å². The summed E-state index contributed by atoms with van der Waals surface area (Å²) in [5.41, 5.74) is 2.45. The van der Waals surface area contributed by atoms with Crippen molar-refractivity contribution in [3.05, 3.63) is 34.9 Å². The summed E-state index contributed by atoms with van der Waals surface area (Å²) in [4.78, 5) is 24.7. The predicted octanol–water partition coefficient (Wildman–Crippen LogP) is 3.47. The average Bonchev–Trinajstić information content (AvgIpc) is 3.26. The summed E-state index contributed by atoms with van der Waals surface area (Å²) in [5.74, 6) is -1.43. The molecular weight excluding hydrogens is 589 g/mol. The molecule has 0 spiro atoms. The zero-order chi connectivity index (χ0) is 32.8. The van der Waals surface area contributed by atoms with Gasteiger partial charge in [-0.1, -0.05) is 20.8 Å². The van der Waals surface area contributed by atoms with Crippen molar-refractivity contribution < 1.29 is 46.8 Å². The van der Waals surface area contributed by atoms with Gasteiger partial charge in [-0.05, 0) is 31.4 Å². The van der Waals surface area contributed by atoms with E-state index in [1.54, 1.807) is 13.2 Å². The number of hydrogen-bond donors (Lipinski definition) is 2. The van der Waals surface area contributed by atoms with E-state index in [1.165, 1.54) is 9.20 Å². The van der Waals surface area contributed by atoms with Crippen molar-refractivity contribution >= 4 is 23.1 Å². The Kier molecular flexibility index (Phi) is 10.8. The van der Waals surface area contributed by atoms with Crippen LogP contribution in [0.4, 0.5) is 18.9 Å². The van der Waals surface area contributed by atoms with E-state index in [1.807, 2.05) is 26.0 Å². The van der Waals surface area contributed by atoms with Gasteiger partial charge in [-0.15, -0.1) is 10.2 Å². The Morgan fingerprint density at radius 1 is 1.05 bits per heavy atom. The highest BCUT2D eigenvalue weighted by atomic mass is 19.4. The van der Waals surface area contributed by atoms with Crippen molar-refractivity contribution in [3.63, 3.8) is 0 Å². The molecule has 1 aromatic carbocycles. The number of anilines is 1. The van der Waals surface area contributed by atoms with Gasteiger partial charge >= 0.3 is 12.1 Å². The number of carboxylic acid groups (broad SMARTS) is 1. The summed E-state index contributed by atoms with van der Waals surface area (Å²) < 4.78 is 57.0. The molecule has 0 bridgehead atoms. The number of alkyl halides is 3.